The first-order valence-electron chi connectivity index (χ1n) is 5.93. The lowest BCUT2D eigenvalue weighted by atomic mass is 9.95. The third kappa shape index (κ3) is 3.27. The van der Waals surface area contributed by atoms with Crippen molar-refractivity contribution in [2.45, 2.75) is 27.7 Å². The van der Waals surface area contributed by atoms with Crippen LogP contribution < -0.4 is 0 Å². The number of aryl methyl sites for hydroxylation is 2. The highest BCUT2D eigenvalue weighted by Gasteiger charge is 2.09. The minimum Gasteiger partial charge on any atom is -0.516 e. The molecule has 0 aliphatic heterocycles. The summed E-state index contributed by atoms with van der Waals surface area (Å²) in [5.74, 6) is 0.315. The number of benzene rings is 1. The van der Waals surface area contributed by atoms with Crippen molar-refractivity contribution in [3.05, 3.63) is 58.9 Å². The maximum atomic E-state index is 10.1. The zero-order valence-corrected chi connectivity index (χ0v) is 11.4. The molecule has 1 rings (SSSR count). The van der Waals surface area contributed by atoms with Crippen LogP contribution in [0.1, 0.15) is 30.5 Å². The molecule has 2 heteroatoms. The number of aromatic hydroxyl groups is 1. The molecule has 2 nitrogen and oxygen atoms in total. The van der Waals surface area contributed by atoms with Crippen molar-refractivity contribution in [1.82, 2.24) is 0 Å². The number of allylic oxidation sites excluding steroid dienone is 5. The molecule has 2 N–H and O–H groups in total. The van der Waals surface area contributed by atoms with E-state index in [0.717, 1.165) is 34.1 Å². The Morgan fingerprint density at radius 2 is 1.78 bits per heavy atom. The second kappa shape index (κ2) is 6.10. The number of aliphatic hydroxyl groups is 1. The molecule has 0 fully saturated rings. The Kier molecular flexibility index (Phi) is 4.78. The van der Waals surface area contributed by atoms with Crippen molar-refractivity contribution < 1.29 is 10.2 Å². The second-order valence-corrected chi connectivity index (χ2v) is 4.48. The first-order valence-corrected chi connectivity index (χ1v) is 5.93. The topological polar surface area (TPSA) is 40.5 Å². The summed E-state index contributed by atoms with van der Waals surface area (Å²) in [4.78, 5) is 0. The van der Waals surface area contributed by atoms with E-state index in [1.807, 2.05) is 33.8 Å². The van der Waals surface area contributed by atoms with Crippen LogP contribution >= 0.6 is 0 Å². The Morgan fingerprint density at radius 3 is 2.33 bits per heavy atom. The molecule has 1 aromatic rings. The van der Waals surface area contributed by atoms with Crippen molar-refractivity contribution in [1.29, 1.82) is 0 Å². The largest absolute Gasteiger partial charge is 0.516 e. The van der Waals surface area contributed by atoms with Gasteiger partial charge in [-0.2, -0.15) is 0 Å². The Labute approximate surface area is 109 Å². The fourth-order valence-electron chi connectivity index (χ4n) is 2.00. The van der Waals surface area contributed by atoms with Gasteiger partial charge < -0.3 is 10.2 Å². The van der Waals surface area contributed by atoms with Crippen LogP contribution in [0.2, 0.25) is 0 Å². The summed E-state index contributed by atoms with van der Waals surface area (Å²) >= 11 is 0. The maximum Gasteiger partial charge on any atom is 0.123 e. The summed E-state index contributed by atoms with van der Waals surface area (Å²) in [5.41, 5.74) is 5.09. The summed E-state index contributed by atoms with van der Waals surface area (Å²) in [7, 11) is 0. The molecule has 1 aromatic carbocycles. The standard InChI is InChI=1S/C16H20O2/c1-11-9-13(3)16(15(18)10-11)14(4)12(2)7-5-6-8-17/h5-10,17-18H,1-4H3/b7-5-,8-6+,14-12+. The summed E-state index contributed by atoms with van der Waals surface area (Å²) < 4.78 is 0. The predicted molar refractivity (Wildman–Crippen MR) is 76.8 cm³/mol. The first kappa shape index (κ1) is 14.1. The number of aliphatic hydroxyl groups excluding tert-OH is 1. The van der Waals surface area contributed by atoms with Crippen LogP contribution in [0.25, 0.3) is 5.57 Å². The van der Waals surface area contributed by atoms with E-state index < -0.39 is 0 Å². The summed E-state index contributed by atoms with van der Waals surface area (Å²) in [5, 5.41) is 18.6. The van der Waals surface area contributed by atoms with E-state index in [9.17, 15) is 5.11 Å². The minimum absolute atomic E-state index is 0.315. The van der Waals surface area contributed by atoms with Crippen molar-refractivity contribution in [3.8, 4) is 5.75 Å². The number of phenolic OH excluding ortho intramolecular Hbond substituents is 1. The fraction of sp³-hybridized carbons (Fsp3) is 0.250. The van der Waals surface area contributed by atoms with E-state index in [2.05, 4.69) is 6.07 Å². The van der Waals surface area contributed by atoms with Crippen LogP contribution in [0.4, 0.5) is 0 Å². The molecule has 0 saturated heterocycles. The second-order valence-electron chi connectivity index (χ2n) is 4.48. The van der Waals surface area contributed by atoms with Crippen LogP contribution in [-0.4, -0.2) is 10.2 Å². The monoisotopic (exact) mass is 244 g/mol. The van der Waals surface area contributed by atoms with Gasteiger partial charge in [0.2, 0.25) is 0 Å². The summed E-state index contributed by atoms with van der Waals surface area (Å²) in [6.07, 6.45) is 6.21. The molecule has 0 amide bonds. The van der Waals surface area contributed by atoms with Gasteiger partial charge in [-0.05, 0) is 62.1 Å². The molecular weight excluding hydrogens is 224 g/mol. The molecular formula is C16H20O2. The highest BCUT2D eigenvalue weighted by molar-refractivity contribution is 5.75. The van der Waals surface area contributed by atoms with Gasteiger partial charge in [-0.25, -0.2) is 0 Å². The Balaban J connectivity index is 3.25. The van der Waals surface area contributed by atoms with E-state index in [-0.39, 0.29) is 0 Å². The lowest BCUT2D eigenvalue weighted by molar-refractivity contribution is 0.472. The smallest absolute Gasteiger partial charge is 0.123 e. The van der Waals surface area contributed by atoms with Crippen LogP contribution in [0, 0.1) is 13.8 Å². The molecule has 0 aliphatic carbocycles. The van der Waals surface area contributed by atoms with Crippen LogP contribution in [0.3, 0.4) is 0 Å². The highest BCUT2D eigenvalue weighted by atomic mass is 16.3. The summed E-state index contributed by atoms with van der Waals surface area (Å²) in [6, 6.07) is 3.83. The third-order valence-corrected chi connectivity index (χ3v) is 2.97. The van der Waals surface area contributed by atoms with Crippen LogP contribution in [0.5, 0.6) is 5.75 Å². The molecule has 96 valence electrons. The SMILES string of the molecule is CC(/C=C\C=C\O)=C(/C)c1c(C)cc(C)cc1O. The van der Waals surface area contributed by atoms with E-state index in [0.29, 0.717) is 5.75 Å². The van der Waals surface area contributed by atoms with Gasteiger partial charge >= 0.3 is 0 Å². The van der Waals surface area contributed by atoms with Crippen LogP contribution in [-0.2, 0) is 0 Å². The van der Waals surface area contributed by atoms with Crippen molar-refractivity contribution in [3.63, 3.8) is 0 Å². The first-order chi connectivity index (χ1) is 8.47. The lowest BCUT2D eigenvalue weighted by Crippen LogP contribution is -1.91. The van der Waals surface area contributed by atoms with Crippen LogP contribution in [0.15, 0.2) is 42.2 Å². The van der Waals surface area contributed by atoms with Gasteiger partial charge in [-0.3, -0.25) is 0 Å². The molecule has 0 radical (unpaired) electrons. The lowest BCUT2D eigenvalue weighted by Gasteiger charge is -2.12. The third-order valence-electron chi connectivity index (χ3n) is 2.97. The van der Waals surface area contributed by atoms with Crippen molar-refractivity contribution >= 4 is 5.57 Å². The molecule has 0 atom stereocenters. The van der Waals surface area contributed by atoms with Crippen molar-refractivity contribution in [2.24, 2.45) is 0 Å². The van der Waals surface area contributed by atoms with Gasteiger partial charge in [0.25, 0.3) is 0 Å². The molecule has 0 unspecified atom stereocenters. The fourth-order valence-corrected chi connectivity index (χ4v) is 2.00. The van der Waals surface area contributed by atoms with Gasteiger partial charge in [0.1, 0.15) is 5.75 Å². The molecule has 18 heavy (non-hydrogen) atoms. The zero-order chi connectivity index (χ0) is 13.7. The normalized spacial score (nSPS) is 13.3. The maximum absolute atomic E-state index is 10.1. The quantitative estimate of drug-likeness (QED) is 0.610. The molecule has 0 heterocycles. The number of hydrogen-bond donors (Lipinski definition) is 2. The van der Waals surface area contributed by atoms with Gasteiger partial charge in [-0.1, -0.05) is 18.2 Å². The van der Waals surface area contributed by atoms with E-state index in [1.54, 1.807) is 18.2 Å². The molecule has 0 aliphatic rings. The number of phenols is 1. The minimum atomic E-state index is 0.315. The van der Waals surface area contributed by atoms with E-state index >= 15 is 0 Å². The van der Waals surface area contributed by atoms with Crippen molar-refractivity contribution in [2.75, 3.05) is 0 Å². The van der Waals surface area contributed by atoms with Gasteiger partial charge in [0, 0.05) is 5.56 Å². The van der Waals surface area contributed by atoms with Gasteiger partial charge in [0.15, 0.2) is 0 Å². The highest BCUT2D eigenvalue weighted by Crippen LogP contribution is 2.31. The van der Waals surface area contributed by atoms with Gasteiger partial charge in [-0.15, -0.1) is 0 Å². The average Bonchev–Trinajstić information content (AvgIpc) is 2.27. The number of rotatable bonds is 3. The Bertz CT molecular complexity index is 497. The van der Waals surface area contributed by atoms with E-state index in [1.165, 1.54) is 0 Å². The Hall–Kier alpha value is -1.96. The van der Waals surface area contributed by atoms with E-state index in [4.69, 9.17) is 5.11 Å². The number of hydrogen-bond acceptors (Lipinski definition) is 2. The molecule has 0 spiro atoms. The Morgan fingerprint density at radius 1 is 1.11 bits per heavy atom. The van der Waals surface area contributed by atoms with Gasteiger partial charge in [0.05, 0.1) is 6.26 Å². The molecule has 0 bridgehead atoms. The predicted octanol–water partition coefficient (Wildman–Crippen LogP) is 4.43. The summed E-state index contributed by atoms with van der Waals surface area (Å²) in [6.45, 7) is 7.93. The molecule has 0 aromatic heterocycles. The average molecular weight is 244 g/mol. The zero-order valence-electron chi connectivity index (χ0n) is 11.4. The molecule has 0 saturated carbocycles.